The quantitative estimate of drug-likeness (QED) is 0.713. The molecule has 3 rings (SSSR count). The molecule has 136 valence electrons. The number of halogens is 1. The number of pyridine rings is 1. The van der Waals surface area contributed by atoms with Crippen molar-refractivity contribution >= 4 is 18.0 Å². The lowest BCUT2D eigenvalue weighted by molar-refractivity contribution is -0.120. The Kier molecular flexibility index (Phi) is 5.30. The number of amides is 2. The number of nitrogens with one attached hydrogen (secondary N) is 2. The molecular weight excluding hydrogens is 333 g/mol. The second kappa shape index (κ2) is 7.64. The van der Waals surface area contributed by atoms with Crippen molar-refractivity contribution in [1.82, 2.24) is 10.3 Å². The summed E-state index contributed by atoms with van der Waals surface area (Å²) in [6, 6.07) is 8.29. The van der Waals surface area contributed by atoms with E-state index in [1.165, 1.54) is 25.8 Å². The number of hydrogen-bond donors (Lipinski definition) is 2. The summed E-state index contributed by atoms with van der Waals surface area (Å²) in [4.78, 5) is 26.9. The van der Waals surface area contributed by atoms with Gasteiger partial charge >= 0.3 is 0 Å². The van der Waals surface area contributed by atoms with Crippen LogP contribution in [0.25, 0.3) is 0 Å². The van der Waals surface area contributed by atoms with Crippen LogP contribution in [0.2, 0.25) is 0 Å². The van der Waals surface area contributed by atoms with Gasteiger partial charge in [0.2, 0.25) is 12.3 Å². The van der Waals surface area contributed by atoms with Gasteiger partial charge in [0, 0.05) is 19.3 Å². The fourth-order valence-electron chi connectivity index (χ4n) is 3.39. The summed E-state index contributed by atoms with van der Waals surface area (Å²) in [5, 5.41) is 5.48. The van der Waals surface area contributed by atoms with Crippen LogP contribution in [0.15, 0.2) is 42.7 Å². The summed E-state index contributed by atoms with van der Waals surface area (Å²) in [6.07, 6.45) is 7.85. The van der Waals surface area contributed by atoms with E-state index in [2.05, 4.69) is 15.6 Å². The largest absolute Gasteiger partial charge is 0.343 e. The minimum absolute atomic E-state index is 0.0905. The molecule has 1 atom stereocenters. The first-order chi connectivity index (χ1) is 12.5. The zero-order valence-corrected chi connectivity index (χ0v) is 14.7. The molecule has 1 aromatic carbocycles. The van der Waals surface area contributed by atoms with E-state index in [-0.39, 0.29) is 11.6 Å². The Balaban J connectivity index is 2.12. The molecule has 0 bridgehead atoms. The fourth-order valence-corrected chi connectivity index (χ4v) is 3.39. The maximum atomic E-state index is 14.0. The number of anilines is 1. The van der Waals surface area contributed by atoms with Gasteiger partial charge in [0.1, 0.15) is 5.82 Å². The van der Waals surface area contributed by atoms with Crippen LogP contribution in [-0.4, -0.2) is 17.3 Å². The van der Waals surface area contributed by atoms with Gasteiger partial charge in [-0.15, -0.1) is 0 Å². The average molecular weight is 355 g/mol. The topological polar surface area (TPSA) is 71.1 Å². The van der Waals surface area contributed by atoms with Crippen molar-refractivity contribution in [3.8, 4) is 0 Å². The molecule has 1 aliphatic carbocycles. The molecule has 6 heteroatoms. The fraction of sp³-hybridized carbons (Fsp3) is 0.350. The molecule has 1 aromatic heterocycles. The molecule has 0 radical (unpaired) electrons. The molecule has 2 aromatic rings. The van der Waals surface area contributed by atoms with Gasteiger partial charge in [0.25, 0.3) is 0 Å². The molecule has 26 heavy (non-hydrogen) atoms. The van der Waals surface area contributed by atoms with Gasteiger partial charge in [0.15, 0.2) is 0 Å². The standard InChI is InChI=1S/C20H22FN3O2/c1-14(26)24-20(9-6-15-2-3-15,16-7-10-22-11-8-16)17-4-5-18(21)19(12-17)23-13-25/h4-5,7-8,10-13,15H,2-3,6,9H2,1H3,(H,23,25)(H,24,26). The number of hydrogen-bond acceptors (Lipinski definition) is 3. The van der Waals surface area contributed by atoms with Crippen molar-refractivity contribution in [2.45, 2.75) is 38.1 Å². The Morgan fingerprint density at radius 2 is 2.00 bits per heavy atom. The zero-order chi connectivity index (χ0) is 18.6. The first-order valence-electron chi connectivity index (χ1n) is 8.74. The van der Waals surface area contributed by atoms with Gasteiger partial charge in [-0.3, -0.25) is 14.6 Å². The van der Waals surface area contributed by atoms with Crippen molar-refractivity contribution in [3.05, 3.63) is 59.7 Å². The van der Waals surface area contributed by atoms with E-state index in [0.29, 0.717) is 18.7 Å². The normalized spacial score (nSPS) is 15.8. The van der Waals surface area contributed by atoms with E-state index in [4.69, 9.17) is 0 Å². The number of carbonyl (C=O) groups excluding carboxylic acids is 2. The third-order valence-corrected chi connectivity index (χ3v) is 4.86. The van der Waals surface area contributed by atoms with Crippen LogP contribution in [0, 0.1) is 11.7 Å². The molecule has 2 amide bonds. The number of nitrogens with zero attached hydrogens (tertiary/aromatic N) is 1. The highest BCUT2D eigenvalue weighted by Gasteiger charge is 2.37. The lowest BCUT2D eigenvalue weighted by Gasteiger charge is -2.36. The highest BCUT2D eigenvalue weighted by Crippen LogP contribution is 2.41. The summed E-state index contributed by atoms with van der Waals surface area (Å²) in [7, 11) is 0. The summed E-state index contributed by atoms with van der Waals surface area (Å²) in [5.74, 6) is -0.0284. The zero-order valence-electron chi connectivity index (χ0n) is 14.7. The molecule has 1 unspecified atom stereocenters. The summed E-state index contributed by atoms with van der Waals surface area (Å²) < 4.78 is 14.0. The van der Waals surface area contributed by atoms with Gasteiger partial charge in [-0.2, -0.15) is 0 Å². The van der Waals surface area contributed by atoms with Crippen LogP contribution >= 0.6 is 0 Å². The van der Waals surface area contributed by atoms with E-state index < -0.39 is 11.4 Å². The molecule has 0 saturated heterocycles. The average Bonchev–Trinajstić information content (AvgIpc) is 3.46. The van der Waals surface area contributed by atoms with Gasteiger partial charge in [-0.25, -0.2) is 4.39 Å². The van der Waals surface area contributed by atoms with Crippen LogP contribution in [0.1, 0.15) is 43.7 Å². The second-order valence-corrected chi connectivity index (χ2v) is 6.76. The summed E-state index contributed by atoms with van der Waals surface area (Å²) in [6.45, 7) is 1.47. The van der Waals surface area contributed by atoms with Crippen LogP contribution < -0.4 is 10.6 Å². The predicted molar refractivity (Wildman–Crippen MR) is 96.9 cm³/mol. The molecule has 5 nitrogen and oxygen atoms in total. The lowest BCUT2D eigenvalue weighted by atomic mass is 9.78. The first-order valence-corrected chi connectivity index (χ1v) is 8.74. The van der Waals surface area contributed by atoms with E-state index >= 15 is 0 Å². The Labute approximate surface area is 152 Å². The molecule has 0 spiro atoms. The molecular formula is C20H22FN3O2. The molecule has 1 saturated carbocycles. The van der Waals surface area contributed by atoms with Crippen LogP contribution in [0.3, 0.4) is 0 Å². The Bertz CT molecular complexity index is 793. The Morgan fingerprint density at radius 1 is 1.27 bits per heavy atom. The van der Waals surface area contributed by atoms with Gasteiger partial charge in [-0.1, -0.05) is 18.9 Å². The second-order valence-electron chi connectivity index (χ2n) is 6.76. The SMILES string of the molecule is CC(=O)NC(CCC1CC1)(c1ccncc1)c1ccc(F)c(NC=O)c1. The van der Waals surface area contributed by atoms with Gasteiger partial charge in [-0.05, 0) is 54.2 Å². The third kappa shape index (κ3) is 3.90. The predicted octanol–water partition coefficient (Wildman–Crippen LogP) is 3.36. The summed E-state index contributed by atoms with van der Waals surface area (Å²) in [5.41, 5.74) is 0.898. The minimum Gasteiger partial charge on any atom is -0.343 e. The van der Waals surface area contributed by atoms with E-state index in [1.54, 1.807) is 24.5 Å². The van der Waals surface area contributed by atoms with E-state index in [1.807, 2.05) is 12.1 Å². The summed E-state index contributed by atoms with van der Waals surface area (Å²) >= 11 is 0. The maximum Gasteiger partial charge on any atom is 0.217 e. The minimum atomic E-state index is -0.801. The lowest BCUT2D eigenvalue weighted by Crippen LogP contribution is -2.46. The van der Waals surface area contributed by atoms with Crippen LogP contribution in [0.4, 0.5) is 10.1 Å². The smallest absolute Gasteiger partial charge is 0.217 e. The first kappa shape index (κ1) is 18.0. The van der Waals surface area contributed by atoms with Crippen molar-refractivity contribution in [1.29, 1.82) is 0 Å². The molecule has 2 N–H and O–H groups in total. The highest BCUT2D eigenvalue weighted by molar-refractivity contribution is 5.76. The van der Waals surface area contributed by atoms with Gasteiger partial charge in [0.05, 0.1) is 11.2 Å². The Morgan fingerprint density at radius 3 is 2.62 bits per heavy atom. The van der Waals surface area contributed by atoms with E-state index in [0.717, 1.165) is 17.5 Å². The van der Waals surface area contributed by atoms with Crippen LogP contribution in [-0.2, 0) is 15.1 Å². The monoisotopic (exact) mass is 355 g/mol. The molecule has 0 aliphatic heterocycles. The molecule has 1 heterocycles. The highest BCUT2D eigenvalue weighted by atomic mass is 19.1. The molecule has 1 fully saturated rings. The molecule has 1 aliphatic rings. The Hall–Kier alpha value is -2.76. The van der Waals surface area contributed by atoms with Crippen molar-refractivity contribution < 1.29 is 14.0 Å². The third-order valence-electron chi connectivity index (χ3n) is 4.86. The van der Waals surface area contributed by atoms with Gasteiger partial charge < -0.3 is 10.6 Å². The van der Waals surface area contributed by atoms with Crippen LogP contribution in [0.5, 0.6) is 0 Å². The van der Waals surface area contributed by atoms with E-state index in [9.17, 15) is 14.0 Å². The number of carbonyl (C=O) groups is 2. The number of aromatic nitrogens is 1. The van der Waals surface area contributed by atoms with Crippen molar-refractivity contribution in [2.24, 2.45) is 5.92 Å². The number of benzene rings is 1. The maximum absolute atomic E-state index is 14.0. The number of rotatable bonds is 8. The van der Waals surface area contributed by atoms with Crippen molar-refractivity contribution in [2.75, 3.05) is 5.32 Å². The van der Waals surface area contributed by atoms with Crippen molar-refractivity contribution in [3.63, 3.8) is 0 Å².